The Morgan fingerprint density at radius 2 is 1.88 bits per heavy atom. The first-order valence-electron chi connectivity index (χ1n) is 5.97. The van der Waals surface area contributed by atoms with Crippen molar-refractivity contribution in [2.24, 2.45) is 5.92 Å². The zero-order valence-corrected chi connectivity index (χ0v) is 10.8. The van der Waals surface area contributed by atoms with Crippen molar-refractivity contribution < 1.29 is 4.79 Å². The molecule has 2 nitrogen and oxygen atoms in total. The molecule has 0 saturated carbocycles. The maximum Gasteiger partial charge on any atom is 0.128 e. The monoisotopic (exact) mass is 231 g/mol. The smallest absolute Gasteiger partial charge is 0.128 e. The van der Waals surface area contributed by atoms with E-state index >= 15 is 0 Å². The minimum Gasteiger partial charge on any atom is -0.306 e. The summed E-state index contributed by atoms with van der Waals surface area (Å²) in [5.74, 6) is -0.0336. The predicted octanol–water partition coefficient (Wildman–Crippen LogP) is 2.55. The summed E-state index contributed by atoms with van der Waals surface area (Å²) in [6, 6.07) is 10.5. The van der Waals surface area contributed by atoms with E-state index in [1.807, 2.05) is 38.4 Å². The molecule has 1 aromatic rings. The van der Waals surface area contributed by atoms with E-state index in [0.29, 0.717) is 0 Å². The van der Waals surface area contributed by atoms with E-state index in [9.17, 15) is 4.79 Å². The van der Waals surface area contributed by atoms with Crippen LogP contribution in [0.25, 0.3) is 0 Å². The summed E-state index contributed by atoms with van der Waals surface area (Å²) in [4.78, 5) is 13.1. The van der Waals surface area contributed by atoms with Crippen molar-refractivity contribution in [1.29, 1.82) is 0 Å². The highest BCUT2D eigenvalue weighted by atomic mass is 16.1. The molecule has 0 fully saturated rings. The molecular formula is C15H21NO. The molecule has 0 aliphatic heterocycles. The fourth-order valence-corrected chi connectivity index (χ4v) is 1.64. The largest absolute Gasteiger partial charge is 0.306 e. The minimum absolute atomic E-state index is 0.0336. The molecule has 0 radical (unpaired) electrons. The van der Waals surface area contributed by atoms with Crippen LogP contribution in [0.4, 0.5) is 0 Å². The average Bonchev–Trinajstić information content (AvgIpc) is 2.35. The van der Waals surface area contributed by atoms with E-state index in [-0.39, 0.29) is 12.0 Å². The van der Waals surface area contributed by atoms with E-state index in [4.69, 9.17) is 0 Å². The van der Waals surface area contributed by atoms with Crippen molar-refractivity contribution in [3.8, 4) is 0 Å². The summed E-state index contributed by atoms with van der Waals surface area (Å²) in [6.07, 6.45) is 5.98. The highest BCUT2D eigenvalue weighted by molar-refractivity contribution is 5.57. The lowest BCUT2D eigenvalue weighted by Gasteiger charge is -2.23. The van der Waals surface area contributed by atoms with Gasteiger partial charge in [0, 0.05) is 12.0 Å². The molecule has 92 valence electrons. The molecule has 2 atom stereocenters. The highest BCUT2D eigenvalue weighted by Gasteiger charge is 2.14. The second-order valence-electron chi connectivity index (χ2n) is 4.54. The topological polar surface area (TPSA) is 20.3 Å². The molecule has 17 heavy (non-hydrogen) atoms. The Labute approximate surface area is 104 Å². The van der Waals surface area contributed by atoms with Gasteiger partial charge in [0.2, 0.25) is 0 Å². The number of benzene rings is 1. The zero-order chi connectivity index (χ0) is 12.7. The van der Waals surface area contributed by atoms with Gasteiger partial charge < -0.3 is 9.69 Å². The van der Waals surface area contributed by atoms with Crippen LogP contribution in [-0.4, -0.2) is 31.3 Å². The number of hydrogen-bond acceptors (Lipinski definition) is 2. The molecule has 2 unspecified atom stereocenters. The zero-order valence-electron chi connectivity index (χ0n) is 10.8. The predicted molar refractivity (Wildman–Crippen MR) is 72.0 cm³/mol. The van der Waals surface area contributed by atoms with Crippen LogP contribution in [0, 0.1) is 5.92 Å². The third-order valence-corrected chi connectivity index (χ3v) is 3.08. The molecule has 0 spiro atoms. The van der Waals surface area contributed by atoms with Gasteiger partial charge in [-0.05, 0) is 33.0 Å². The SMILES string of the molecule is CC(C(C=O)/C=C\Cc1ccccc1)N(C)C. The Morgan fingerprint density at radius 3 is 2.41 bits per heavy atom. The van der Waals surface area contributed by atoms with Crippen LogP contribution in [0.3, 0.4) is 0 Å². The van der Waals surface area contributed by atoms with Gasteiger partial charge in [-0.25, -0.2) is 0 Å². The molecule has 0 amide bonds. The minimum atomic E-state index is -0.0336. The first kappa shape index (κ1) is 13.7. The summed E-state index contributed by atoms with van der Waals surface area (Å²) >= 11 is 0. The van der Waals surface area contributed by atoms with E-state index < -0.39 is 0 Å². The molecule has 0 heterocycles. The molecule has 1 rings (SSSR count). The summed E-state index contributed by atoms with van der Waals surface area (Å²) in [6.45, 7) is 2.06. The number of allylic oxidation sites excluding steroid dienone is 1. The van der Waals surface area contributed by atoms with Crippen LogP contribution in [0.2, 0.25) is 0 Å². The number of aldehydes is 1. The normalized spacial score (nSPS) is 15.1. The van der Waals surface area contributed by atoms with Gasteiger partial charge in [-0.1, -0.05) is 42.5 Å². The Bertz CT molecular complexity index is 356. The number of rotatable bonds is 6. The van der Waals surface area contributed by atoms with Gasteiger partial charge in [-0.3, -0.25) is 0 Å². The Kier molecular flexibility index (Phi) is 5.64. The third-order valence-electron chi connectivity index (χ3n) is 3.08. The van der Waals surface area contributed by atoms with Gasteiger partial charge in [0.1, 0.15) is 6.29 Å². The second-order valence-corrected chi connectivity index (χ2v) is 4.54. The van der Waals surface area contributed by atoms with Crippen LogP contribution in [0.5, 0.6) is 0 Å². The van der Waals surface area contributed by atoms with E-state index in [1.54, 1.807) is 0 Å². The molecular weight excluding hydrogens is 210 g/mol. The van der Waals surface area contributed by atoms with Gasteiger partial charge >= 0.3 is 0 Å². The highest BCUT2D eigenvalue weighted by Crippen LogP contribution is 2.09. The number of carbonyl (C=O) groups is 1. The van der Waals surface area contributed by atoms with Crippen molar-refractivity contribution in [2.75, 3.05) is 14.1 Å². The third kappa shape index (κ3) is 4.53. The van der Waals surface area contributed by atoms with E-state index in [0.717, 1.165) is 12.7 Å². The summed E-state index contributed by atoms with van der Waals surface area (Å²) in [5, 5.41) is 0. The summed E-state index contributed by atoms with van der Waals surface area (Å²) < 4.78 is 0. The summed E-state index contributed by atoms with van der Waals surface area (Å²) in [7, 11) is 3.98. The van der Waals surface area contributed by atoms with Gasteiger partial charge in [-0.15, -0.1) is 0 Å². The maximum atomic E-state index is 11.0. The standard InChI is InChI=1S/C15H21NO/c1-13(16(2)3)15(12-17)11-7-10-14-8-5-4-6-9-14/h4-9,11-13,15H,10H2,1-3H3/b11-7-. The van der Waals surface area contributed by atoms with E-state index in [2.05, 4.69) is 30.0 Å². The molecule has 0 aromatic heterocycles. The maximum absolute atomic E-state index is 11.0. The second kappa shape index (κ2) is 7.02. The van der Waals surface area contributed by atoms with Gasteiger partial charge in [-0.2, -0.15) is 0 Å². The van der Waals surface area contributed by atoms with E-state index in [1.165, 1.54) is 5.56 Å². The van der Waals surface area contributed by atoms with Gasteiger partial charge in [0.25, 0.3) is 0 Å². The first-order chi connectivity index (χ1) is 8.15. The quantitative estimate of drug-likeness (QED) is 0.554. The fourth-order valence-electron chi connectivity index (χ4n) is 1.64. The van der Waals surface area contributed by atoms with Crippen LogP contribution < -0.4 is 0 Å². The molecule has 0 aliphatic rings. The first-order valence-corrected chi connectivity index (χ1v) is 5.97. The van der Waals surface area contributed by atoms with Crippen LogP contribution in [0.15, 0.2) is 42.5 Å². The Hall–Kier alpha value is -1.41. The molecule has 0 N–H and O–H groups in total. The number of nitrogens with zero attached hydrogens (tertiary/aromatic N) is 1. The Morgan fingerprint density at radius 1 is 1.24 bits per heavy atom. The van der Waals surface area contributed by atoms with Gasteiger partial charge in [0.15, 0.2) is 0 Å². The average molecular weight is 231 g/mol. The molecule has 0 saturated heterocycles. The molecule has 1 aromatic carbocycles. The molecule has 2 heteroatoms. The van der Waals surface area contributed by atoms with Crippen molar-refractivity contribution in [3.05, 3.63) is 48.0 Å². The van der Waals surface area contributed by atoms with Gasteiger partial charge in [0.05, 0.1) is 0 Å². The van der Waals surface area contributed by atoms with Crippen LogP contribution in [-0.2, 0) is 11.2 Å². The van der Waals surface area contributed by atoms with Crippen molar-refractivity contribution in [2.45, 2.75) is 19.4 Å². The number of carbonyl (C=O) groups excluding carboxylic acids is 1. The lowest BCUT2D eigenvalue weighted by atomic mass is 10.0. The summed E-state index contributed by atoms with van der Waals surface area (Å²) in [5.41, 5.74) is 1.27. The van der Waals surface area contributed by atoms with Crippen LogP contribution >= 0.6 is 0 Å². The van der Waals surface area contributed by atoms with Crippen LogP contribution in [0.1, 0.15) is 12.5 Å². The van der Waals surface area contributed by atoms with Crippen molar-refractivity contribution in [1.82, 2.24) is 4.90 Å². The lowest BCUT2D eigenvalue weighted by Crippen LogP contribution is -2.32. The molecule has 0 aliphatic carbocycles. The molecule has 0 bridgehead atoms. The number of hydrogen-bond donors (Lipinski definition) is 0. The van der Waals surface area contributed by atoms with Crippen molar-refractivity contribution in [3.63, 3.8) is 0 Å². The lowest BCUT2D eigenvalue weighted by molar-refractivity contribution is -0.111. The fraction of sp³-hybridized carbons (Fsp3) is 0.400. The Balaban J connectivity index is 2.54. The van der Waals surface area contributed by atoms with Crippen molar-refractivity contribution >= 4 is 6.29 Å².